The molecule has 2 N–H and O–H groups in total. The molecule has 0 aliphatic carbocycles. The number of hydrogen-bond acceptors (Lipinski definition) is 4. The third-order valence-electron chi connectivity index (χ3n) is 3.11. The van der Waals surface area contributed by atoms with Crippen molar-refractivity contribution in [2.75, 3.05) is 26.8 Å². The molecule has 1 fully saturated rings. The standard InChI is InChI=1S/C11H17BrN2OS/c1-14(9-2-3-15-6-9)10(5-13)11-4-8(12)7-16-11/h4,7,9-10H,2-3,5-6,13H2,1H3. The van der Waals surface area contributed by atoms with Gasteiger partial charge in [0.1, 0.15) is 0 Å². The number of ether oxygens (including phenoxy) is 1. The van der Waals surface area contributed by atoms with E-state index in [0.29, 0.717) is 18.6 Å². The normalized spacial score (nSPS) is 22.9. The van der Waals surface area contributed by atoms with Gasteiger partial charge in [0.25, 0.3) is 0 Å². The van der Waals surface area contributed by atoms with Gasteiger partial charge in [-0.1, -0.05) is 0 Å². The number of thiophene rings is 1. The topological polar surface area (TPSA) is 38.5 Å². The molecule has 1 aromatic rings. The second kappa shape index (κ2) is 5.60. The fourth-order valence-electron chi connectivity index (χ4n) is 2.08. The summed E-state index contributed by atoms with van der Waals surface area (Å²) in [4.78, 5) is 3.68. The van der Waals surface area contributed by atoms with Crippen LogP contribution < -0.4 is 5.73 Å². The molecule has 1 saturated heterocycles. The van der Waals surface area contributed by atoms with Gasteiger partial charge in [0.15, 0.2) is 0 Å². The summed E-state index contributed by atoms with van der Waals surface area (Å²) in [5.41, 5.74) is 5.89. The van der Waals surface area contributed by atoms with E-state index in [4.69, 9.17) is 10.5 Å². The minimum atomic E-state index is 0.308. The van der Waals surface area contributed by atoms with Gasteiger partial charge in [-0.3, -0.25) is 4.90 Å². The third kappa shape index (κ3) is 2.65. The highest BCUT2D eigenvalue weighted by Gasteiger charge is 2.27. The maximum Gasteiger partial charge on any atom is 0.0622 e. The van der Waals surface area contributed by atoms with Gasteiger partial charge in [0, 0.05) is 33.9 Å². The Labute approximate surface area is 109 Å². The van der Waals surface area contributed by atoms with Crippen LogP contribution in [0, 0.1) is 0 Å². The molecule has 1 aliphatic heterocycles. The zero-order valence-corrected chi connectivity index (χ0v) is 11.8. The molecule has 0 radical (unpaired) electrons. The molecular weight excluding hydrogens is 288 g/mol. The summed E-state index contributed by atoms with van der Waals surface area (Å²) in [6, 6.07) is 2.98. The van der Waals surface area contributed by atoms with Crippen LogP contribution >= 0.6 is 27.3 Å². The number of likely N-dealkylation sites (N-methyl/N-ethyl adjacent to an activating group) is 1. The number of hydrogen-bond donors (Lipinski definition) is 1. The summed E-state index contributed by atoms with van der Waals surface area (Å²) in [5.74, 6) is 0. The lowest BCUT2D eigenvalue weighted by atomic mass is 10.1. The zero-order valence-electron chi connectivity index (χ0n) is 9.36. The number of rotatable bonds is 4. The maximum atomic E-state index is 5.89. The van der Waals surface area contributed by atoms with Crippen molar-refractivity contribution >= 4 is 27.3 Å². The first-order valence-corrected chi connectivity index (χ1v) is 7.13. The minimum Gasteiger partial charge on any atom is -0.380 e. The van der Waals surface area contributed by atoms with Gasteiger partial charge in [0.05, 0.1) is 12.6 Å². The minimum absolute atomic E-state index is 0.308. The highest BCUT2D eigenvalue weighted by Crippen LogP contribution is 2.30. The molecule has 0 amide bonds. The van der Waals surface area contributed by atoms with Crippen LogP contribution in [0.4, 0.5) is 0 Å². The monoisotopic (exact) mass is 304 g/mol. The van der Waals surface area contributed by atoms with Crippen molar-refractivity contribution in [2.24, 2.45) is 5.73 Å². The smallest absolute Gasteiger partial charge is 0.0622 e. The lowest BCUT2D eigenvalue weighted by Gasteiger charge is -2.30. The van der Waals surface area contributed by atoms with Crippen LogP contribution in [-0.2, 0) is 4.74 Å². The molecule has 16 heavy (non-hydrogen) atoms. The van der Waals surface area contributed by atoms with Crippen molar-refractivity contribution in [1.82, 2.24) is 4.90 Å². The Balaban J connectivity index is 2.09. The van der Waals surface area contributed by atoms with E-state index in [9.17, 15) is 0 Å². The predicted molar refractivity (Wildman–Crippen MR) is 70.8 cm³/mol. The number of halogens is 1. The fourth-order valence-corrected chi connectivity index (χ4v) is 3.69. The van der Waals surface area contributed by atoms with Crippen LogP contribution in [0.3, 0.4) is 0 Å². The summed E-state index contributed by atoms with van der Waals surface area (Å²) in [6.07, 6.45) is 1.11. The van der Waals surface area contributed by atoms with E-state index >= 15 is 0 Å². The summed E-state index contributed by atoms with van der Waals surface area (Å²) < 4.78 is 6.57. The lowest BCUT2D eigenvalue weighted by Crippen LogP contribution is -2.38. The van der Waals surface area contributed by atoms with Crippen molar-refractivity contribution in [1.29, 1.82) is 0 Å². The van der Waals surface area contributed by atoms with E-state index in [1.165, 1.54) is 4.88 Å². The van der Waals surface area contributed by atoms with Gasteiger partial charge in [0.2, 0.25) is 0 Å². The van der Waals surface area contributed by atoms with Gasteiger partial charge in [-0.2, -0.15) is 0 Å². The fraction of sp³-hybridized carbons (Fsp3) is 0.636. The van der Waals surface area contributed by atoms with Crippen LogP contribution in [0.15, 0.2) is 15.9 Å². The molecule has 1 aliphatic rings. The molecule has 90 valence electrons. The predicted octanol–water partition coefficient (Wildman–Crippen LogP) is 2.23. The second-order valence-corrected chi connectivity index (χ2v) is 5.96. The Morgan fingerprint density at radius 2 is 2.56 bits per heavy atom. The average molecular weight is 305 g/mol. The first kappa shape index (κ1) is 12.5. The Morgan fingerprint density at radius 3 is 3.06 bits per heavy atom. The van der Waals surface area contributed by atoms with E-state index in [1.807, 2.05) is 0 Å². The molecular formula is C11H17BrN2OS. The molecule has 2 rings (SSSR count). The van der Waals surface area contributed by atoms with Gasteiger partial charge in [-0.25, -0.2) is 0 Å². The van der Waals surface area contributed by atoms with Gasteiger partial charge < -0.3 is 10.5 Å². The quantitative estimate of drug-likeness (QED) is 0.927. The first-order valence-electron chi connectivity index (χ1n) is 5.46. The average Bonchev–Trinajstić information content (AvgIpc) is 2.90. The number of nitrogens with zero attached hydrogens (tertiary/aromatic N) is 1. The molecule has 2 unspecified atom stereocenters. The van der Waals surface area contributed by atoms with E-state index in [0.717, 1.165) is 24.1 Å². The van der Waals surface area contributed by atoms with E-state index < -0.39 is 0 Å². The second-order valence-electron chi connectivity index (χ2n) is 4.10. The number of nitrogens with two attached hydrogens (primary N) is 1. The molecule has 2 heterocycles. The molecule has 0 aromatic carbocycles. The molecule has 2 atom stereocenters. The highest BCUT2D eigenvalue weighted by atomic mass is 79.9. The van der Waals surface area contributed by atoms with Crippen molar-refractivity contribution in [3.63, 3.8) is 0 Å². The molecule has 1 aromatic heterocycles. The Hall–Kier alpha value is 0.0600. The summed E-state index contributed by atoms with van der Waals surface area (Å²) in [6.45, 7) is 2.36. The summed E-state index contributed by atoms with van der Waals surface area (Å²) in [5, 5.41) is 2.11. The SMILES string of the molecule is CN(C1CCOC1)C(CN)c1cc(Br)cs1. The van der Waals surface area contributed by atoms with Crippen LogP contribution in [-0.4, -0.2) is 37.7 Å². The maximum absolute atomic E-state index is 5.89. The Morgan fingerprint density at radius 1 is 1.75 bits per heavy atom. The van der Waals surface area contributed by atoms with Crippen molar-refractivity contribution in [3.05, 3.63) is 20.8 Å². The lowest BCUT2D eigenvalue weighted by molar-refractivity contribution is 0.135. The molecule has 0 spiro atoms. The molecule has 0 bridgehead atoms. The van der Waals surface area contributed by atoms with Gasteiger partial charge in [-0.15, -0.1) is 11.3 Å². The zero-order chi connectivity index (χ0) is 11.5. The Bertz CT molecular complexity index is 338. The van der Waals surface area contributed by atoms with Gasteiger partial charge in [-0.05, 0) is 35.5 Å². The van der Waals surface area contributed by atoms with E-state index in [2.05, 4.69) is 39.3 Å². The van der Waals surface area contributed by atoms with Gasteiger partial charge >= 0.3 is 0 Å². The van der Waals surface area contributed by atoms with Crippen LogP contribution in [0.1, 0.15) is 17.3 Å². The largest absolute Gasteiger partial charge is 0.380 e. The summed E-state index contributed by atoms with van der Waals surface area (Å²) in [7, 11) is 2.14. The highest BCUT2D eigenvalue weighted by molar-refractivity contribution is 9.10. The molecule has 3 nitrogen and oxygen atoms in total. The Kier molecular flexibility index (Phi) is 4.38. The molecule has 5 heteroatoms. The van der Waals surface area contributed by atoms with Crippen LogP contribution in [0.2, 0.25) is 0 Å². The van der Waals surface area contributed by atoms with E-state index in [-0.39, 0.29) is 0 Å². The first-order chi connectivity index (χ1) is 7.72. The third-order valence-corrected chi connectivity index (χ3v) is 4.91. The molecule has 0 saturated carbocycles. The van der Waals surface area contributed by atoms with Crippen LogP contribution in [0.25, 0.3) is 0 Å². The van der Waals surface area contributed by atoms with Crippen molar-refractivity contribution in [3.8, 4) is 0 Å². The van der Waals surface area contributed by atoms with Crippen molar-refractivity contribution < 1.29 is 4.74 Å². The van der Waals surface area contributed by atoms with Crippen LogP contribution in [0.5, 0.6) is 0 Å². The summed E-state index contributed by atoms with van der Waals surface area (Å²) >= 11 is 5.25. The van der Waals surface area contributed by atoms with E-state index in [1.54, 1.807) is 11.3 Å². The van der Waals surface area contributed by atoms with Crippen molar-refractivity contribution in [2.45, 2.75) is 18.5 Å².